The molecule has 1 fully saturated rings. The van der Waals surface area contributed by atoms with Gasteiger partial charge in [-0.3, -0.25) is 19.7 Å². The Labute approximate surface area is 122 Å². The number of benzene rings is 1. The first-order valence-electron chi connectivity index (χ1n) is 7.03. The van der Waals surface area contributed by atoms with Gasteiger partial charge in [-0.1, -0.05) is 6.42 Å². The molecule has 0 radical (unpaired) electrons. The van der Waals surface area contributed by atoms with Crippen molar-refractivity contribution in [2.45, 2.75) is 25.7 Å². The topological polar surface area (TPSA) is 101 Å². The van der Waals surface area contributed by atoms with Crippen molar-refractivity contribution in [3.8, 4) is 0 Å². The molecule has 1 heterocycles. The first-order valence-corrected chi connectivity index (χ1v) is 7.03. The Morgan fingerprint density at radius 2 is 1.95 bits per heavy atom. The second-order valence-electron chi connectivity index (χ2n) is 5.83. The number of hydrogen-bond donors (Lipinski definition) is 3. The Kier molecular flexibility index (Phi) is 3.25. The average molecular weight is 287 g/mol. The lowest BCUT2D eigenvalue weighted by Gasteiger charge is -2.40. The van der Waals surface area contributed by atoms with E-state index in [1.807, 2.05) is 0 Å². The first-order chi connectivity index (χ1) is 10.0. The van der Waals surface area contributed by atoms with Gasteiger partial charge >= 0.3 is 0 Å². The van der Waals surface area contributed by atoms with Gasteiger partial charge in [-0.15, -0.1) is 0 Å². The molecule has 0 aromatic heterocycles. The molecule has 2 aliphatic rings. The fraction of sp³-hybridized carbons (Fsp3) is 0.400. The average Bonchev–Trinajstić information content (AvgIpc) is 2.69. The molecule has 3 rings (SSSR count). The summed E-state index contributed by atoms with van der Waals surface area (Å²) in [6.45, 7) is 0.515. The lowest BCUT2D eigenvalue weighted by Crippen LogP contribution is -2.40. The minimum absolute atomic E-state index is 0.0614. The van der Waals surface area contributed by atoms with Gasteiger partial charge in [0.05, 0.1) is 11.1 Å². The maximum Gasteiger partial charge on any atom is 0.259 e. The van der Waals surface area contributed by atoms with Crippen LogP contribution in [0, 0.1) is 5.41 Å². The molecule has 1 saturated carbocycles. The number of amides is 3. The molecule has 3 amide bonds. The SMILES string of the molecule is NCC1(CC(=O)Nc2ccc3c(c2)C(=O)NC3=O)CCC1. The van der Waals surface area contributed by atoms with E-state index in [0.717, 1.165) is 19.3 Å². The van der Waals surface area contributed by atoms with Crippen LogP contribution >= 0.6 is 0 Å². The molecule has 110 valence electrons. The minimum atomic E-state index is -0.427. The molecular formula is C15H17N3O3. The highest BCUT2D eigenvalue weighted by Crippen LogP contribution is 2.43. The van der Waals surface area contributed by atoms with E-state index in [9.17, 15) is 14.4 Å². The maximum absolute atomic E-state index is 12.1. The van der Waals surface area contributed by atoms with Crippen molar-refractivity contribution in [1.82, 2.24) is 5.32 Å². The van der Waals surface area contributed by atoms with Crippen molar-refractivity contribution >= 4 is 23.4 Å². The predicted octanol–water partition coefficient (Wildman–Crippen LogP) is 1.03. The summed E-state index contributed by atoms with van der Waals surface area (Å²) in [7, 11) is 0. The second-order valence-corrected chi connectivity index (χ2v) is 5.83. The van der Waals surface area contributed by atoms with E-state index in [1.165, 1.54) is 6.07 Å². The van der Waals surface area contributed by atoms with Gasteiger partial charge in [-0.25, -0.2) is 0 Å². The monoisotopic (exact) mass is 287 g/mol. The third kappa shape index (κ3) is 2.42. The molecule has 0 atom stereocenters. The van der Waals surface area contributed by atoms with Gasteiger partial charge in [0.2, 0.25) is 5.91 Å². The third-order valence-corrected chi connectivity index (χ3v) is 4.40. The highest BCUT2D eigenvalue weighted by atomic mass is 16.2. The van der Waals surface area contributed by atoms with Gasteiger partial charge in [-0.2, -0.15) is 0 Å². The molecule has 1 aromatic carbocycles. The van der Waals surface area contributed by atoms with E-state index >= 15 is 0 Å². The molecule has 0 spiro atoms. The Hall–Kier alpha value is -2.21. The zero-order chi connectivity index (χ0) is 15.0. The van der Waals surface area contributed by atoms with Crippen LogP contribution in [0.5, 0.6) is 0 Å². The lowest BCUT2D eigenvalue weighted by molar-refractivity contribution is -0.119. The summed E-state index contributed by atoms with van der Waals surface area (Å²) in [5.74, 6) is -0.933. The number of hydrogen-bond acceptors (Lipinski definition) is 4. The highest BCUT2D eigenvalue weighted by molar-refractivity contribution is 6.22. The van der Waals surface area contributed by atoms with Crippen molar-refractivity contribution in [2.24, 2.45) is 11.1 Å². The molecule has 0 bridgehead atoms. The van der Waals surface area contributed by atoms with Crippen LogP contribution in [0.1, 0.15) is 46.4 Å². The van der Waals surface area contributed by atoms with E-state index in [0.29, 0.717) is 29.8 Å². The number of nitrogens with one attached hydrogen (secondary N) is 2. The fourth-order valence-electron chi connectivity index (χ4n) is 2.92. The van der Waals surface area contributed by atoms with Crippen LogP contribution in [-0.4, -0.2) is 24.3 Å². The summed E-state index contributed by atoms with van der Waals surface area (Å²) in [6, 6.07) is 4.71. The normalized spacial score (nSPS) is 18.7. The predicted molar refractivity (Wildman–Crippen MR) is 76.8 cm³/mol. The molecular weight excluding hydrogens is 270 g/mol. The standard InChI is InChI=1S/C15H17N3O3/c16-8-15(4-1-5-15)7-12(19)17-9-2-3-10-11(6-9)14(21)18-13(10)20/h2-3,6H,1,4-5,7-8,16H2,(H,17,19)(H,18,20,21). The van der Waals surface area contributed by atoms with Crippen molar-refractivity contribution in [3.05, 3.63) is 29.3 Å². The lowest BCUT2D eigenvalue weighted by atomic mass is 9.66. The quantitative estimate of drug-likeness (QED) is 0.720. The van der Waals surface area contributed by atoms with Crippen molar-refractivity contribution < 1.29 is 14.4 Å². The van der Waals surface area contributed by atoms with Crippen LogP contribution in [0.4, 0.5) is 5.69 Å². The number of rotatable bonds is 4. The second kappa shape index (κ2) is 4.96. The molecule has 6 nitrogen and oxygen atoms in total. The Morgan fingerprint density at radius 3 is 2.57 bits per heavy atom. The van der Waals surface area contributed by atoms with Crippen LogP contribution < -0.4 is 16.4 Å². The van der Waals surface area contributed by atoms with Gasteiger partial charge < -0.3 is 11.1 Å². The van der Waals surface area contributed by atoms with Crippen molar-refractivity contribution in [3.63, 3.8) is 0 Å². The van der Waals surface area contributed by atoms with E-state index in [4.69, 9.17) is 5.73 Å². The molecule has 21 heavy (non-hydrogen) atoms. The number of carbonyl (C=O) groups is 3. The number of fused-ring (bicyclic) bond motifs is 1. The Morgan fingerprint density at radius 1 is 1.24 bits per heavy atom. The van der Waals surface area contributed by atoms with E-state index in [-0.39, 0.29) is 11.3 Å². The Balaban J connectivity index is 1.71. The Bertz CT molecular complexity index is 630. The summed E-state index contributed by atoms with van der Waals surface area (Å²) < 4.78 is 0. The molecule has 4 N–H and O–H groups in total. The summed E-state index contributed by atoms with van der Waals surface area (Å²) in [5, 5.41) is 5.00. The van der Waals surface area contributed by atoms with Crippen LogP contribution in [0.25, 0.3) is 0 Å². The largest absolute Gasteiger partial charge is 0.330 e. The van der Waals surface area contributed by atoms with Gasteiger partial charge in [0.25, 0.3) is 11.8 Å². The molecule has 1 aliphatic carbocycles. The zero-order valence-electron chi connectivity index (χ0n) is 11.6. The van der Waals surface area contributed by atoms with Crippen LogP contribution in [0.3, 0.4) is 0 Å². The summed E-state index contributed by atoms with van der Waals surface area (Å²) >= 11 is 0. The van der Waals surface area contributed by atoms with Gasteiger partial charge in [0.1, 0.15) is 0 Å². The van der Waals surface area contributed by atoms with Gasteiger partial charge in [0, 0.05) is 12.1 Å². The summed E-state index contributed by atoms with van der Waals surface area (Å²) in [5.41, 5.74) is 6.85. The van der Waals surface area contributed by atoms with Gasteiger partial charge in [-0.05, 0) is 43.0 Å². The number of anilines is 1. The highest BCUT2D eigenvalue weighted by Gasteiger charge is 2.37. The smallest absolute Gasteiger partial charge is 0.259 e. The van der Waals surface area contributed by atoms with Gasteiger partial charge in [0.15, 0.2) is 0 Å². The number of nitrogens with two attached hydrogens (primary N) is 1. The fourth-order valence-corrected chi connectivity index (χ4v) is 2.92. The summed E-state index contributed by atoms with van der Waals surface area (Å²) in [4.78, 5) is 35.1. The molecule has 6 heteroatoms. The molecule has 1 aromatic rings. The molecule has 1 aliphatic heterocycles. The van der Waals surface area contributed by atoms with Crippen LogP contribution in [0.15, 0.2) is 18.2 Å². The maximum atomic E-state index is 12.1. The third-order valence-electron chi connectivity index (χ3n) is 4.40. The number of carbonyl (C=O) groups excluding carboxylic acids is 3. The van der Waals surface area contributed by atoms with Crippen molar-refractivity contribution in [1.29, 1.82) is 0 Å². The van der Waals surface area contributed by atoms with Crippen LogP contribution in [-0.2, 0) is 4.79 Å². The van der Waals surface area contributed by atoms with E-state index < -0.39 is 11.8 Å². The van der Waals surface area contributed by atoms with Crippen molar-refractivity contribution in [2.75, 3.05) is 11.9 Å². The molecule has 0 unspecified atom stereocenters. The minimum Gasteiger partial charge on any atom is -0.330 e. The number of imide groups is 1. The molecule has 0 saturated heterocycles. The van der Waals surface area contributed by atoms with E-state index in [1.54, 1.807) is 12.1 Å². The van der Waals surface area contributed by atoms with E-state index in [2.05, 4.69) is 10.6 Å². The zero-order valence-corrected chi connectivity index (χ0v) is 11.6. The summed E-state index contributed by atoms with van der Waals surface area (Å²) in [6.07, 6.45) is 3.48. The first kappa shape index (κ1) is 13.8. The van der Waals surface area contributed by atoms with Crippen LogP contribution in [0.2, 0.25) is 0 Å².